The quantitative estimate of drug-likeness (QED) is 0.482. The molecule has 1 N–H and O–H groups in total. The number of aryl methyl sites for hydroxylation is 1. The van der Waals surface area contributed by atoms with Gasteiger partial charge in [-0.15, -0.1) is 0 Å². The topological polar surface area (TPSA) is 65.3 Å². The highest BCUT2D eigenvalue weighted by atomic mass is 15.3. The third kappa shape index (κ3) is 3.88. The molecule has 0 aromatic carbocycles. The molecule has 1 aliphatic heterocycles. The summed E-state index contributed by atoms with van der Waals surface area (Å²) in [5, 5.41) is 4.40. The zero-order valence-corrected chi connectivity index (χ0v) is 20.5. The van der Waals surface area contributed by atoms with Gasteiger partial charge in [0.2, 0.25) is 0 Å². The number of pyridine rings is 2. The third-order valence-electron chi connectivity index (χ3n) is 7.21. The average Bonchev–Trinajstić information content (AvgIpc) is 3.40. The van der Waals surface area contributed by atoms with Crippen LogP contribution in [0.4, 0.5) is 5.82 Å². The summed E-state index contributed by atoms with van der Waals surface area (Å²) in [6, 6.07) is 4.39. The standard InChI is InChI=1S/C26H35N7/c1-6-31-11-7-13-32(14-8-12-31)22-10-9-21-25(30-22)23(17(2)3)24(29-21)20-15-33-26(27-16-28-33)19(5)18(20)4/h9-10,15-17,29H,6-8,11-14H2,1-5H3. The van der Waals surface area contributed by atoms with Gasteiger partial charge in [-0.3, -0.25) is 0 Å². The number of hydrogen-bond acceptors (Lipinski definition) is 5. The molecular weight excluding hydrogens is 410 g/mol. The van der Waals surface area contributed by atoms with Crippen LogP contribution in [0.1, 0.15) is 56.2 Å². The lowest BCUT2D eigenvalue weighted by molar-refractivity contribution is 0.272. The molecule has 1 fully saturated rings. The van der Waals surface area contributed by atoms with Crippen LogP contribution < -0.4 is 4.90 Å². The maximum Gasteiger partial charge on any atom is 0.158 e. The van der Waals surface area contributed by atoms with Crippen molar-refractivity contribution in [3.8, 4) is 11.3 Å². The number of fused-ring (bicyclic) bond motifs is 2. The van der Waals surface area contributed by atoms with E-state index in [4.69, 9.17) is 4.98 Å². The fraction of sp³-hybridized carbons (Fsp3) is 0.500. The van der Waals surface area contributed by atoms with E-state index in [1.54, 1.807) is 6.33 Å². The Morgan fingerprint density at radius 1 is 1.03 bits per heavy atom. The van der Waals surface area contributed by atoms with Gasteiger partial charge < -0.3 is 14.8 Å². The van der Waals surface area contributed by atoms with Crippen molar-refractivity contribution in [2.24, 2.45) is 0 Å². The van der Waals surface area contributed by atoms with Crippen molar-refractivity contribution in [1.82, 2.24) is 29.5 Å². The summed E-state index contributed by atoms with van der Waals surface area (Å²) < 4.78 is 1.88. The smallest absolute Gasteiger partial charge is 0.158 e. The summed E-state index contributed by atoms with van der Waals surface area (Å²) in [6.07, 6.45) is 6.08. The van der Waals surface area contributed by atoms with E-state index in [-0.39, 0.29) is 0 Å². The predicted molar refractivity (Wildman–Crippen MR) is 135 cm³/mol. The summed E-state index contributed by atoms with van der Waals surface area (Å²) in [5.74, 6) is 1.44. The van der Waals surface area contributed by atoms with Crippen molar-refractivity contribution in [1.29, 1.82) is 0 Å². The molecule has 33 heavy (non-hydrogen) atoms. The number of rotatable bonds is 4. The van der Waals surface area contributed by atoms with E-state index in [0.29, 0.717) is 5.92 Å². The van der Waals surface area contributed by atoms with Gasteiger partial charge in [-0.2, -0.15) is 5.10 Å². The molecule has 0 aliphatic carbocycles. The first-order valence-corrected chi connectivity index (χ1v) is 12.3. The van der Waals surface area contributed by atoms with Gasteiger partial charge in [0.1, 0.15) is 12.1 Å². The Hall–Kier alpha value is -2.93. The van der Waals surface area contributed by atoms with Crippen molar-refractivity contribution in [3.63, 3.8) is 0 Å². The normalized spacial score (nSPS) is 16.1. The summed E-state index contributed by atoms with van der Waals surface area (Å²) >= 11 is 0. The van der Waals surface area contributed by atoms with Crippen LogP contribution in [-0.2, 0) is 0 Å². The Kier molecular flexibility index (Phi) is 5.83. The van der Waals surface area contributed by atoms with E-state index in [1.807, 2.05) is 4.52 Å². The van der Waals surface area contributed by atoms with E-state index < -0.39 is 0 Å². The summed E-state index contributed by atoms with van der Waals surface area (Å²) in [7, 11) is 0. The van der Waals surface area contributed by atoms with Gasteiger partial charge in [0.15, 0.2) is 5.65 Å². The Morgan fingerprint density at radius 2 is 1.79 bits per heavy atom. The van der Waals surface area contributed by atoms with Gasteiger partial charge >= 0.3 is 0 Å². The fourth-order valence-corrected chi connectivity index (χ4v) is 5.22. The van der Waals surface area contributed by atoms with Gasteiger partial charge in [-0.05, 0) is 75.5 Å². The first-order chi connectivity index (χ1) is 16.0. The molecule has 7 nitrogen and oxygen atoms in total. The molecule has 0 unspecified atom stereocenters. The Balaban J connectivity index is 1.58. The molecule has 4 aromatic rings. The number of aromatic nitrogens is 5. The molecule has 0 amide bonds. The highest BCUT2D eigenvalue weighted by molar-refractivity contribution is 5.90. The Morgan fingerprint density at radius 3 is 2.48 bits per heavy atom. The fourth-order valence-electron chi connectivity index (χ4n) is 5.22. The molecule has 0 radical (unpaired) electrons. The van der Waals surface area contributed by atoms with Gasteiger partial charge in [-0.1, -0.05) is 20.8 Å². The molecule has 7 heteroatoms. The van der Waals surface area contributed by atoms with E-state index >= 15 is 0 Å². The SMILES string of the molecule is CCN1CCCN(c2ccc3[nH]c(-c4cn5ncnc5c(C)c4C)c(C(C)C)c3n2)CCC1. The molecule has 1 saturated heterocycles. The minimum atomic E-state index is 0.341. The highest BCUT2D eigenvalue weighted by Crippen LogP contribution is 2.37. The van der Waals surface area contributed by atoms with Crippen molar-refractivity contribution in [3.05, 3.63) is 41.3 Å². The first-order valence-electron chi connectivity index (χ1n) is 12.3. The van der Waals surface area contributed by atoms with E-state index in [0.717, 1.165) is 53.4 Å². The van der Waals surface area contributed by atoms with Crippen LogP contribution in [0.15, 0.2) is 24.7 Å². The molecule has 0 spiro atoms. The van der Waals surface area contributed by atoms with Crippen LogP contribution in [0.3, 0.4) is 0 Å². The zero-order valence-electron chi connectivity index (χ0n) is 20.5. The van der Waals surface area contributed by atoms with Crippen molar-refractivity contribution >= 4 is 22.5 Å². The van der Waals surface area contributed by atoms with Gasteiger partial charge in [0.25, 0.3) is 0 Å². The molecule has 5 rings (SSSR count). The second-order valence-electron chi connectivity index (χ2n) is 9.58. The number of anilines is 1. The lowest BCUT2D eigenvalue weighted by Crippen LogP contribution is -2.36. The molecule has 0 bridgehead atoms. The van der Waals surface area contributed by atoms with Gasteiger partial charge in [-0.25, -0.2) is 14.5 Å². The molecule has 174 valence electrons. The lowest BCUT2D eigenvalue weighted by Gasteiger charge is -2.30. The van der Waals surface area contributed by atoms with Crippen molar-refractivity contribution in [2.45, 2.75) is 53.4 Å². The minimum absolute atomic E-state index is 0.341. The monoisotopic (exact) mass is 445 g/mol. The third-order valence-corrected chi connectivity index (χ3v) is 7.21. The second kappa shape index (κ2) is 8.78. The summed E-state index contributed by atoms with van der Waals surface area (Å²) in [4.78, 5) is 18.4. The van der Waals surface area contributed by atoms with Crippen LogP contribution in [-0.4, -0.2) is 62.2 Å². The van der Waals surface area contributed by atoms with Crippen LogP contribution in [0.5, 0.6) is 0 Å². The average molecular weight is 446 g/mol. The highest BCUT2D eigenvalue weighted by Gasteiger charge is 2.22. The van der Waals surface area contributed by atoms with E-state index in [2.05, 4.69) is 77.8 Å². The van der Waals surface area contributed by atoms with Crippen LogP contribution in [0.25, 0.3) is 27.9 Å². The number of nitrogens with one attached hydrogen (secondary N) is 1. The number of hydrogen-bond donors (Lipinski definition) is 1. The predicted octanol–water partition coefficient (Wildman–Crippen LogP) is 4.93. The molecule has 0 saturated carbocycles. The van der Waals surface area contributed by atoms with E-state index in [9.17, 15) is 0 Å². The Bertz CT molecular complexity index is 1270. The number of nitrogens with zero attached hydrogens (tertiary/aromatic N) is 6. The molecule has 0 atom stereocenters. The van der Waals surface area contributed by atoms with Crippen LogP contribution in [0, 0.1) is 13.8 Å². The Labute approximate surface area is 195 Å². The van der Waals surface area contributed by atoms with Crippen molar-refractivity contribution < 1.29 is 0 Å². The molecule has 4 aromatic heterocycles. The van der Waals surface area contributed by atoms with Crippen molar-refractivity contribution in [2.75, 3.05) is 37.6 Å². The number of H-pyrrole nitrogens is 1. The molecule has 1 aliphatic rings. The van der Waals surface area contributed by atoms with Gasteiger partial charge in [0.05, 0.1) is 16.7 Å². The second-order valence-corrected chi connectivity index (χ2v) is 9.58. The summed E-state index contributed by atoms with van der Waals surface area (Å²) in [5.41, 5.74) is 9.08. The summed E-state index contributed by atoms with van der Waals surface area (Å²) in [6.45, 7) is 16.7. The van der Waals surface area contributed by atoms with E-state index in [1.165, 1.54) is 42.6 Å². The minimum Gasteiger partial charge on any atom is -0.357 e. The van der Waals surface area contributed by atoms with Crippen LogP contribution in [0.2, 0.25) is 0 Å². The maximum absolute atomic E-state index is 5.23. The largest absolute Gasteiger partial charge is 0.357 e. The molecule has 5 heterocycles. The van der Waals surface area contributed by atoms with Crippen LogP contribution >= 0.6 is 0 Å². The maximum atomic E-state index is 5.23. The first kappa shape index (κ1) is 21.9. The zero-order chi connectivity index (χ0) is 23.1. The lowest BCUT2D eigenvalue weighted by atomic mass is 9.95. The number of aromatic amines is 1. The molecular formula is C26H35N7. The van der Waals surface area contributed by atoms with Gasteiger partial charge in [0, 0.05) is 30.4 Å².